The van der Waals surface area contributed by atoms with Gasteiger partial charge in [0.25, 0.3) is 0 Å². The summed E-state index contributed by atoms with van der Waals surface area (Å²) < 4.78 is 21.0. The second-order valence-electron chi connectivity index (χ2n) is 6.71. The molecule has 2 N–H and O–H groups in total. The third kappa shape index (κ3) is 5.44. The minimum atomic E-state index is -0.309. The number of hydrogen-bond donors (Lipinski definition) is 2. The SMILES string of the molecule is O=C(CCn1c(-c2cccs2)n[nH]c1=S)NCc1ccc(Oc2ccc(F)cc2)cc1. The van der Waals surface area contributed by atoms with Crippen LogP contribution in [0.1, 0.15) is 12.0 Å². The molecule has 1 amide bonds. The standard InChI is InChI=1S/C22H19FN4O2S2/c23-16-5-9-18(10-6-16)29-17-7-3-15(4-8-17)14-24-20(28)11-12-27-21(25-26-22(27)30)19-2-1-13-31-19/h1-10,13H,11-12,14H2,(H,24,28)(H,26,30). The van der Waals surface area contributed by atoms with Crippen LogP contribution in [0.2, 0.25) is 0 Å². The molecule has 0 saturated heterocycles. The summed E-state index contributed by atoms with van der Waals surface area (Å²) in [5, 5.41) is 11.9. The van der Waals surface area contributed by atoms with Crippen LogP contribution in [0.5, 0.6) is 11.5 Å². The predicted octanol–water partition coefficient (Wildman–Crippen LogP) is 5.31. The number of halogens is 1. The molecule has 0 unspecified atom stereocenters. The number of thiophene rings is 1. The van der Waals surface area contributed by atoms with Crippen molar-refractivity contribution in [3.05, 3.63) is 82.2 Å². The van der Waals surface area contributed by atoms with Gasteiger partial charge in [-0.05, 0) is 65.6 Å². The Balaban J connectivity index is 1.28. The minimum absolute atomic E-state index is 0.0770. The Morgan fingerprint density at radius 1 is 1.13 bits per heavy atom. The Morgan fingerprint density at radius 3 is 2.52 bits per heavy atom. The highest BCUT2D eigenvalue weighted by Crippen LogP contribution is 2.23. The van der Waals surface area contributed by atoms with Crippen LogP contribution in [0.4, 0.5) is 4.39 Å². The Morgan fingerprint density at radius 2 is 1.84 bits per heavy atom. The Labute approximate surface area is 187 Å². The van der Waals surface area contributed by atoms with E-state index in [4.69, 9.17) is 17.0 Å². The van der Waals surface area contributed by atoms with E-state index in [1.807, 2.05) is 46.3 Å². The highest BCUT2D eigenvalue weighted by Gasteiger charge is 2.11. The van der Waals surface area contributed by atoms with E-state index in [0.29, 0.717) is 29.4 Å². The van der Waals surface area contributed by atoms with E-state index in [1.165, 1.54) is 12.1 Å². The van der Waals surface area contributed by atoms with Crippen molar-refractivity contribution in [3.63, 3.8) is 0 Å². The fraction of sp³-hybridized carbons (Fsp3) is 0.136. The van der Waals surface area contributed by atoms with E-state index in [9.17, 15) is 9.18 Å². The van der Waals surface area contributed by atoms with Gasteiger partial charge in [0.2, 0.25) is 5.91 Å². The lowest BCUT2D eigenvalue weighted by molar-refractivity contribution is -0.121. The monoisotopic (exact) mass is 454 g/mol. The Hall–Kier alpha value is -3.30. The molecule has 31 heavy (non-hydrogen) atoms. The van der Waals surface area contributed by atoms with Crippen LogP contribution in [0, 0.1) is 10.6 Å². The fourth-order valence-electron chi connectivity index (χ4n) is 2.94. The summed E-state index contributed by atoms with van der Waals surface area (Å²) in [4.78, 5) is 13.3. The average Bonchev–Trinajstić information content (AvgIpc) is 3.43. The number of amides is 1. The van der Waals surface area contributed by atoms with Gasteiger partial charge in [-0.25, -0.2) is 4.39 Å². The van der Waals surface area contributed by atoms with E-state index in [0.717, 1.165) is 16.3 Å². The predicted molar refractivity (Wildman–Crippen MR) is 120 cm³/mol. The summed E-state index contributed by atoms with van der Waals surface area (Å²) in [6.07, 6.45) is 0.290. The van der Waals surface area contributed by atoms with Crippen LogP contribution in [-0.4, -0.2) is 20.7 Å². The molecule has 158 valence electrons. The molecule has 0 aliphatic heterocycles. The second kappa shape index (κ2) is 9.67. The van der Waals surface area contributed by atoms with E-state index in [2.05, 4.69) is 15.5 Å². The van der Waals surface area contributed by atoms with Gasteiger partial charge < -0.3 is 10.1 Å². The fourth-order valence-corrected chi connectivity index (χ4v) is 3.88. The summed E-state index contributed by atoms with van der Waals surface area (Å²) >= 11 is 6.86. The third-order valence-electron chi connectivity index (χ3n) is 4.52. The van der Waals surface area contributed by atoms with Crippen LogP contribution in [0.15, 0.2) is 66.0 Å². The Kier molecular flexibility index (Phi) is 6.54. The minimum Gasteiger partial charge on any atom is -0.457 e. The van der Waals surface area contributed by atoms with Gasteiger partial charge in [0.1, 0.15) is 17.3 Å². The van der Waals surface area contributed by atoms with E-state index >= 15 is 0 Å². The molecular formula is C22H19FN4O2S2. The van der Waals surface area contributed by atoms with Gasteiger partial charge >= 0.3 is 0 Å². The van der Waals surface area contributed by atoms with Gasteiger partial charge in [0.15, 0.2) is 10.6 Å². The first-order valence-corrected chi connectivity index (χ1v) is 10.9. The smallest absolute Gasteiger partial charge is 0.222 e. The maximum Gasteiger partial charge on any atom is 0.222 e. The number of benzene rings is 2. The summed E-state index contributed by atoms with van der Waals surface area (Å²) in [7, 11) is 0. The van der Waals surface area contributed by atoms with Crippen molar-refractivity contribution in [2.45, 2.75) is 19.5 Å². The lowest BCUT2D eigenvalue weighted by atomic mass is 10.2. The lowest BCUT2D eigenvalue weighted by Gasteiger charge is -2.09. The van der Waals surface area contributed by atoms with Gasteiger partial charge in [-0.1, -0.05) is 18.2 Å². The molecule has 0 bridgehead atoms. The molecule has 0 aliphatic carbocycles. The van der Waals surface area contributed by atoms with Crippen molar-refractivity contribution < 1.29 is 13.9 Å². The van der Waals surface area contributed by atoms with Crippen molar-refractivity contribution in [2.24, 2.45) is 0 Å². The maximum atomic E-state index is 13.0. The van der Waals surface area contributed by atoms with Crippen LogP contribution in [0.25, 0.3) is 10.7 Å². The highest BCUT2D eigenvalue weighted by atomic mass is 32.1. The molecule has 2 heterocycles. The molecule has 0 fully saturated rings. The molecule has 0 radical (unpaired) electrons. The van der Waals surface area contributed by atoms with E-state index in [-0.39, 0.29) is 18.1 Å². The summed E-state index contributed by atoms with van der Waals surface area (Å²) in [5.74, 6) is 1.55. The van der Waals surface area contributed by atoms with Crippen molar-refractivity contribution >= 4 is 29.5 Å². The van der Waals surface area contributed by atoms with Gasteiger partial charge in [0, 0.05) is 19.5 Å². The zero-order valence-electron chi connectivity index (χ0n) is 16.4. The number of nitrogens with zero attached hydrogens (tertiary/aromatic N) is 2. The number of H-pyrrole nitrogens is 1. The largest absolute Gasteiger partial charge is 0.457 e. The summed E-state index contributed by atoms with van der Waals surface area (Å²) in [6.45, 7) is 0.850. The number of nitrogens with one attached hydrogen (secondary N) is 2. The molecule has 0 aliphatic rings. The molecular weight excluding hydrogens is 435 g/mol. The number of aromatic nitrogens is 3. The normalized spacial score (nSPS) is 10.7. The number of aromatic amines is 1. The zero-order chi connectivity index (χ0) is 21.6. The van der Waals surface area contributed by atoms with Gasteiger partial charge in [-0.2, -0.15) is 5.10 Å². The first-order chi connectivity index (χ1) is 15.1. The molecule has 9 heteroatoms. The first-order valence-electron chi connectivity index (χ1n) is 9.56. The molecule has 2 aromatic heterocycles. The summed E-state index contributed by atoms with van der Waals surface area (Å²) in [5.41, 5.74) is 0.944. The van der Waals surface area contributed by atoms with Gasteiger partial charge in [0.05, 0.1) is 4.88 Å². The van der Waals surface area contributed by atoms with E-state index in [1.54, 1.807) is 23.5 Å². The number of hydrogen-bond acceptors (Lipinski definition) is 5. The number of carbonyl (C=O) groups is 1. The molecule has 2 aromatic carbocycles. The molecule has 4 aromatic rings. The van der Waals surface area contributed by atoms with E-state index < -0.39 is 0 Å². The summed E-state index contributed by atoms with van der Waals surface area (Å²) in [6, 6.07) is 17.1. The van der Waals surface area contributed by atoms with Gasteiger partial charge in [-0.3, -0.25) is 14.5 Å². The average molecular weight is 455 g/mol. The zero-order valence-corrected chi connectivity index (χ0v) is 18.0. The van der Waals surface area contributed by atoms with Crippen molar-refractivity contribution in [1.82, 2.24) is 20.1 Å². The molecule has 6 nitrogen and oxygen atoms in total. The maximum absolute atomic E-state index is 13.0. The Bertz CT molecular complexity index is 1200. The number of ether oxygens (including phenoxy) is 1. The quantitative estimate of drug-likeness (QED) is 0.354. The number of rotatable bonds is 8. The van der Waals surface area contributed by atoms with Crippen LogP contribution in [-0.2, 0) is 17.9 Å². The van der Waals surface area contributed by atoms with Crippen molar-refractivity contribution in [1.29, 1.82) is 0 Å². The highest BCUT2D eigenvalue weighted by molar-refractivity contribution is 7.71. The molecule has 0 saturated carbocycles. The molecule has 0 spiro atoms. The van der Waals surface area contributed by atoms with Crippen LogP contribution in [0.3, 0.4) is 0 Å². The number of carbonyl (C=O) groups excluding carboxylic acids is 1. The topological polar surface area (TPSA) is 71.9 Å². The van der Waals surface area contributed by atoms with Crippen molar-refractivity contribution in [3.8, 4) is 22.2 Å². The second-order valence-corrected chi connectivity index (χ2v) is 8.04. The lowest BCUT2D eigenvalue weighted by Crippen LogP contribution is -2.24. The first kappa shape index (κ1) is 21.0. The molecule has 4 rings (SSSR count). The van der Waals surface area contributed by atoms with Crippen LogP contribution < -0.4 is 10.1 Å². The third-order valence-corrected chi connectivity index (χ3v) is 5.70. The van der Waals surface area contributed by atoms with Crippen molar-refractivity contribution in [2.75, 3.05) is 0 Å². The molecule has 0 atom stereocenters. The van der Waals surface area contributed by atoms with Gasteiger partial charge in [-0.15, -0.1) is 11.3 Å². The van der Waals surface area contributed by atoms with Crippen LogP contribution >= 0.6 is 23.6 Å².